The number of primary sulfonamides is 1. The summed E-state index contributed by atoms with van der Waals surface area (Å²) < 4.78 is 22.7. The third-order valence-electron chi connectivity index (χ3n) is 4.95. The first-order valence-corrected chi connectivity index (χ1v) is 12.5. The number of imidazole rings is 1. The summed E-state index contributed by atoms with van der Waals surface area (Å²) >= 11 is 1.55. The first kappa shape index (κ1) is 22.1. The third-order valence-corrected chi connectivity index (χ3v) is 6.80. The number of thioether (sulfide) groups is 1. The van der Waals surface area contributed by atoms with E-state index in [1.807, 2.05) is 48.5 Å². The van der Waals surface area contributed by atoms with Crippen molar-refractivity contribution in [1.29, 1.82) is 0 Å². The maximum absolute atomic E-state index is 12.8. The highest BCUT2D eigenvalue weighted by Gasteiger charge is 2.12. The van der Waals surface area contributed by atoms with Crippen LogP contribution in [0.2, 0.25) is 0 Å². The van der Waals surface area contributed by atoms with Crippen molar-refractivity contribution < 1.29 is 13.2 Å². The maximum Gasteiger partial charge on any atom is 0.251 e. The summed E-state index contributed by atoms with van der Waals surface area (Å²) in [4.78, 5) is 20.7. The van der Waals surface area contributed by atoms with E-state index in [1.54, 1.807) is 23.9 Å². The number of carbonyl (C=O) groups excluding carboxylic acids is 1. The van der Waals surface area contributed by atoms with Gasteiger partial charge in [0, 0.05) is 17.9 Å². The van der Waals surface area contributed by atoms with Crippen LogP contribution in [-0.2, 0) is 22.2 Å². The molecular weight excluding hydrogens is 444 g/mol. The topological polar surface area (TPSA) is 118 Å². The van der Waals surface area contributed by atoms with E-state index in [4.69, 9.17) is 5.14 Å². The first-order chi connectivity index (χ1) is 15.4. The monoisotopic (exact) mass is 466 g/mol. The van der Waals surface area contributed by atoms with Gasteiger partial charge in [-0.15, -0.1) is 0 Å². The Balaban J connectivity index is 1.35. The molecule has 4 aromatic rings. The molecule has 0 aliphatic heterocycles. The molecule has 4 rings (SSSR count). The zero-order valence-electron chi connectivity index (χ0n) is 17.1. The molecule has 1 aromatic heterocycles. The second-order valence-electron chi connectivity index (χ2n) is 7.20. The Labute approximate surface area is 190 Å². The Hall–Kier alpha value is -3.14. The molecule has 0 atom stereocenters. The van der Waals surface area contributed by atoms with E-state index >= 15 is 0 Å². The number of benzene rings is 3. The molecular formula is C23H22N4O3S2. The number of amides is 1. The number of aromatic amines is 1. The minimum Gasteiger partial charge on any atom is -0.352 e. The zero-order valence-corrected chi connectivity index (χ0v) is 18.7. The van der Waals surface area contributed by atoms with Crippen LogP contribution in [-0.4, -0.2) is 30.8 Å². The second-order valence-corrected chi connectivity index (χ2v) is 9.73. The van der Waals surface area contributed by atoms with Crippen LogP contribution in [0.1, 0.15) is 21.5 Å². The van der Waals surface area contributed by atoms with Crippen molar-refractivity contribution in [1.82, 2.24) is 15.3 Å². The fourth-order valence-corrected chi connectivity index (χ4v) is 4.68. The lowest BCUT2D eigenvalue weighted by molar-refractivity contribution is 0.0953. The third kappa shape index (κ3) is 5.37. The lowest BCUT2D eigenvalue weighted by atomic mass is 10.1. The van der Waals surface area contributed by atoms with Gasteiger partial charge in [-0.05, 0) is 47.9 Å². The van der Waals surface area contributed by atoms with Crippen molar-refractivity contribution in [2.24, 2.45) is 5.14 Å². The molecule has 0 saturated carbocycles. The molecule has 0 bridgehead atoms. The minimum atomic E-state index is -3.71. The van der Waals surface area contributed by atoms with Gasteiger partial charge in [-0.1, -0.05) is 54.2 Å². The number of rotatable bonds is 8. The van der Waals surface area contributed by atoms with Crippen molar-refractivity contribution in [2.75, 3.05) is 6.54 Å². The van der Waals surface area contributed by atoms with Gasteiger partial charge in [-0.3, -0.25) is 4.79 Å². The van der Waals surface area contributed by atoms with Gasteiger partial charge < -0.3 is 10.3 Å². The van der Waals surface area contributed by atoms with Gasteiger partial charge in [-0.25, -0.2) is 18.5 Å². The molecule has 3 aromatic carbocycles. The molecule has 0 fully saturated rings. The molecule has 0 unspecified atom stereocenters. The number of nitrogens with one attached hydrogen (secondary N) is 2. The first-order valence-electron chi connectivity index (χ1n) is 9.95. The number of nitrogens with two attached hydrogens (primary N) is 1. The van der Waals surface area contributed by atoms with E-state index in [2.05, 4.69) is 15.3 Å². The van der Waals surface area contributed by atoms with Gasteiger partial charge in [0.15, 0.2) is 5.16 Å². The summed E-state index contributed by atoms with van der Waals surface area (Å²) in [6, 6.07) is 21.7. The number of hydrogen-bond donors (Lipinski definition) is 3. The molecule has 9 heteroatoms. The van der Waals surface area contributed by atoms with E-state index in [0.717, 1.165) is 27.3 Å². The van der Waals surface area contributed by atoms with Gasteiger partial charge in [0.25, 0.3) is 5.91 Å². The van der Waals surface area contributed by atoms with Gasteiger partial charge in [0.1, 0.15) is 0 Å². The summed E-state index contributed by atoms with van der Waals surface area (Å²) in [6.07, 6.45) is 0.576. The quantitative estimate of drug-likeness (QED) is 0.344. The maximum atomic E-state index is 12.8. The Kier molecular flexibility index (Phi) is 6.59. The predicted molar refractivity (Wildman–Crippen MR) is 126 cm³/mol. The molecule has 0 spiro atoms. The smallest absolute Gasteiger partial charge is 0.251 e. The van der Waals surface area contributed by atoms with Gasteiger partial charge in [0.2, 0.25) is 10.0 Å². The van der Waals surface area contributed by atoms with Crippen molar-refractivity contribution in [3.05, 3.63) is 89.5 Å². The summed E-state index contributed by atoms with van der Waals surface area (Å²) in [5.74, 6) is 0.463. The molecule has 1 heterocycles. The SMILES string of the molecule is NS(=O)(=O)c1ccc(CCNC(=O)c2ccccc2CSc2nc3ccccc3[nH]2)cc1. The van der Waals surface area contributed by atoms with E-state index in [-0.39, 0.29) is 10.8 Å². The lowest BCUT2D eigenvalue weighted by Crippen LogP contribution is -2.26. The van der Waals surface area contributed by atoms with Crippen molar-refractivity contribution in [3.8, 4) is 0 Å². The molecule has 32 heavy (non-hydrogen) atoms. The summed E-state index contributed by atoms with van der Waals surface area (Å²) in [6.45, 7) is 0.429. The average molecular weight is 467 g/mol. The van der Waals surface area contributed by atoms with Crippen LogP contribution >= 0.6 is 11.8 Å². The molecule has 0 radical (unpaired) electrons. The number of hydrogen-bond acceptors (Lipinski definition) is 5. The van der Waals surface area contributed by atoms with E-state index in [0.29, 0.717) is 24.3 Å². The molecule has 164 valence electrons. The lowest BCUT2D eigenvalue weighted by Gasteiger charge is -2.10. The fourth-order valence-electron chi connectivity index (χ4n) is 3.27. The molecule has 4 N–H and O–H groups in total. The summed E-state index contributed by atoms with van der Waals surface area (Å²) in [5, 5.41) is 8.86. The van der Waals surface area contributed by atoms with Crippen LogP contribution in [0.5, 0.6) is 0 Å². The molecule has 0 aliphatic carbocycles. The molecule has 0 aliphatic rings. The average Bonchev–Trinajstić information content (AvgIpc) is 3.20. The van der Waals surface area contributed by atoms with Crippen molar-refractivity contribution in [3.63, 3.8) is 0 Å². The van der Waals surface area contributed by atoms with Crippen molar-refractivity contribution >= 4 is 38.7 Å². The Bertz CT molecular complexity index is 1320. The van der Waals surface area contributed by atoms with Gasteiger partial charge in [0.05, 0.1) is 15.9 Å². The number of fused-ring (bicyclic) bond motifs is 1. The fraction of sp³-hybridized carbons (Fsp3) is 0.130. The number of aromatic nitrogens is 2. The number of sulfonamides is 1. The number of H-pyrrole nitrogens is 1. The Morgan fingerprint density at radius 3 is 2.47 bits per heavy atom. The van der Waals surface area contributed by atoms with E-state index in [9.17, 15) is 13.2 Å². The largest absolute Gasteiger partial charge is 0.352 e. The van der Waals surface area contributed by atoms with Gasteiger partial charge >= 0.3 is 0 Å². The summed E-state index contributed by atoms with van der Waals surface area (Å²) in [7, 11) is -3.71. The normalized spacial score (nSPS) is 11.5. The number of para-hydroxylation sites is 2. The van der Waals surface area contributed by atoms with Crippen LogP contribution in [0.15, 0.2) is 82.8 Å². The minimum absolute atomic E-state index is 0.0705. The highest BCUT2D eigenvalue weighted by Crippen LogP contribution is 2.24. The van der Waals surface area contributed by atoms with Crippen LogP contribution in [0.25, 0.3) is 11.0 Å². The second kappa shape index (κ2) is 9.56. The molecule has 1 amide bonds. The van der Waals surface area contributed by atoms with Crippen LogP contribution in [0, 0.1) is 0 Å². The van der Waals surface area contributed by atoms with E-state index < -0.39 is 10.0 Å². The molecule has 0 saturated heterocycles. The number of nitrogens with zero attached hydrogens (tertiary/aromatic N) is 1. The van der Waals surface area contributed by atoms with Gasteiger partial charge in [-0.2, -0.15) is 0 Å². The summed E-state index contributed by atoms with van der Waals surface area (Å²) in [5.41, 5.74) is 4.36. The molecule has 7 nitrogen and oxygen atoms in total. The zero-order chi connectivity index (χ0) is 22.6. The van der Waals surface area contributed by atoms with Crippen LogP contribution < -0.4 is 10.5 Å². The van der Waals surface area contributed by atoms with Crippen LogP contribution in [0.3, 0.4) is 0 Å². The van der Waals surface area contributed by atoms with Crippen molar-refractivity contribution in [2.45, 2.75) is 22.2 Å². The highest BCUT2D eigenvalue weighted by atomic mass is 32.2. The predicted octanol–water partition coefficient (Wildman–Crippen LogP) is 3.48. The van der Waals surface area contributed by atoms with E-state index in [1.165, 1.54) is 12.1 Å². The Morgan fingerprint density at radius 2 is 1.72 bits per heavy atom. The van der Waals surface area contributed by atoms with Crippen LogP contribution in [0.4, 0.5) is 0 Å². The number of carbonyl (C=O) groups is 1. The highest BCUT2D eigenvalue weighted by molar-refractivity contribution is 7.98. The standard InChI is InChI=1S/C23H22N4O3S2/c24-32(29,30)18-11-9-16(10-12-18)13-14-25-22(28)19-6-2-1-5-17(19)15-31-23-26-20-7-3-4-8-21(20)27-23/h1-12H,13-15H2,(H,25,28)(H,26,27)(H2,24,29,30). The Morgan fingerprint density at radius 1 is 1.00 bits per heavy atom.